The van der Waals surface area contributed by atoms with Crippen molar-refractivity contribution in [3.05, 3.63) is 23.9 Å². The molecule has 4 heteroatoms. The van der Waals surface area contributed by atoms with E-state index in [0.29, 0.717) is 18.8 Å². The number of aliphatic hydroxyl groups excluding tert-OH is 1. The maximum absolute atomic E-state index is 11.6. The van der Waals surface area contributed by atoms with Gasteiger partial charge >= 0.3 is 0 Å². The monoisotopic (exact) mass is 206 g/mol. The first kappa shape index (κ1) is 10.1. The highest BCUT2D eigenvalue weighted by molar-refractivity contribution is 5.94. The number of amides is 1. The quantitative estimate of drug-likeness (QED) is 0.776. The summed E-state index contributed by atoms with van der Waals surface area (Å²) in [6.45, 7) is 2.61. The molecule has 4 nitrogen and oxygen atoms in total. The molecule has 1 saturated heterocycles. The summed E-state index contributed by atoms with van der Waals surface area (Å²) >= 11 is 0. The van der Waals surface area contributed by atoms with E-state index >= 15 is 0 Å². The van der Waals surface area contributed by atoms with E-state index in [1.807, 2.05) is 19.1 Å². The Morgan fingerprint density at radius 2 is 2.47 bits per heavy atom. The van der Waals surface area contributed by atoms with Crippen LogP contribution in [0.4, 0.5) is 5.82 Å². The predicted molar refractivity (Wildman–Crippen MR) is 56.5 cm³/mol. The van der Waals surface area contributed by atoms with Crippen molar-refractivity contribution in [1.29, 1.82) is 0 Å². The van der Waals surface area contributed by atoms with Gasteiger partial charge in [0.05, 0.1) is 0 Å². The van der Waals surface area contributed by atoms with Crippen LogP contribution in [0.25, 0.3) is 0 Å². The highest BCUT2D eigenvalue weighted by Gasteiger charge is 2.30. The highest BCUT2D eigenvalue weighted by Crippen LogP contribution is 2.23. The molecule has 15 heavy (non-hydrogen) atoms. The van der Waals surface area contributed by atoms with Crippen molar-refractivity contribution >= 4 is 11.7 Å². The minimum Gasteiger partial charge on any atom is -0.396 e. The number of carbonyl (C=O) groups is 1. The van der Waals surface area contributed by atoms with Crippen molar-refractivity contribution in [2.24, 2.45) is 5.92 Å². The first-order valence-electron chi connectivity index (χ1n) is 5.04. The largest absolute Gasteiger partial charge is 0.396 e. The van der Waals surface area contributed by atoms with Gasteiger partial charge < -0.3 is 5.11 Å². The number of aliphatic hydroxyl groups is 1. The molecule has 1 aliphatic rings. The Morgan fingerprint density at radius 1 is 1.67 bits per heavy atom. The smallest absolute Gasteiger partial charge is 0.228 e. The number of aromatic nitrogens is 1. The molecule has 0 saturated carbocycles. The Labute approximate surface area is 88.6 Å². The number of rotatable bonds is 2. The van der Waals surface area contributed by atoms with Crippen LogP contribution in [0.1, 0.15) is 12.0 Å². The normalized spacial score (nSPS) is 21.1. The molecule has 1 fully saturated rings. The van der Waals surface area contributed by atoms with E-state index in [9.17, 15) is 4.79 Å². The molecule has 1 aromatic rings. The van der Waals surface area contributed by atoms with Gasteiger partial charge in [-0.05, 0) is 24.6 Å². The van der Waals surface area contributed by atoms with Gasteiger partial charge in [-0.15, -0.1) is 0 Å². The molecule has 0 aliphatic carbocycles. The minimum absolute atomic E-state index is 0.0483. The summed E-state index contributed by atoms with van der Waals surface area (Å²) in [6.07, 6.45) is 2.12. The highest BCUT2D eigenvalue weighted by atomic mass is 16.3. The summed E-state index contributed by atoms with van der Waals surface area (Å²) in [5.74, 6) is 0.794. The maximum Gasteiger partial charge on any atom is 0.228 e. The van der Waals surface area contributed by atoms with Crippen LogP contribution in [-0.2, 0) is 4.79 Å². The molecular weight excluding hydrogens is 192 g/mol. The zero-order chi connectivity index (χ0) is 10.8. The van der Waals surface area contributed by atoms with Crippen LogP contribution < -0.4 is 4.90 Å². The molecule has 0 bridgehead atoms. The number of nitrogens with zero attached hydrogens (tertiary/aromatic N) is 2. The first-order chi connectivity index (χ1) is 7.20. The number of pyridine rings is 1. The van der Waals surface area contributed by atoms with E-state index in [1.165, 1.54) is 0 Å². The molecule has 1 amide bonds. The van der Waals surface area contributed by atoms with Gasteiger partial charge in [-0.25, -0.2) is 4.98 Å². The molecule has 1 unspecified atom stereocenters. The van der Waals surface area contributed by atoms with Crippen LogP contribution in [0.2, 0.25) is 0 Å². The van der Waals surface area contributed by atoms with E-state index in [4.69, 9.17) is 5.11 Å². The van der Waals surface area contributed by atoms with Crippen LogP contribution >= 0.6 is 0 Å². The van der Waals surface area contributed by atoms with E-state index in [1.54, 1.807) is 11.1 Å². The average Bonchev–Trinajstić information content (AvgIpc) is 2.60. The van der Waals surface area contributed by atoms with Crippen molar-refractivity contribution < 1.29 is 9.90 Å². The fourth-order valence-electron chi connectivity index (χ4n) is 1.79. The summed E-state index contributed by atoms with van der Waals surface area (Å²) in [7, 11) is 0. The topological polar surface area (TPSA) is 53.4 Å². The van der Waals surface area contributed by atoms with Crippen LogP contribution in [0, 0.1) is 12.8 Å². The molecule has 0 aromatic carbocycles. The number of hydrogen-bond donors (Lipinski definition) is 1. The zero-order valence-electron chi connectivity index (χ0n) is 8.68. The molecule has 1 atom stereocenters. The molecule has 0 radical (unpaired) electrons. The second-order valence-electron chi connectivity index (χ2n) is 3.95. The lowest BCUT2D eigenvalue weighted by Gasteiger charge is -2.15. The Hall–Kier alpha value is -1.42. The van der Waals surface area contributed by atoms with Crippen LogP contribution in [-0.4, -0.2) is 29.1 Å². The van der Waals surface area contributed by atoms with Gasteiger partial charge in [0.25, 0.3) is 0 Å². The van der Waals surface area contributed by atoms with Crippen molar-refractivity contribution in [2.75, 3.05) is 18.1 Å². The zero-order valence-corrected chi connectivity index (χ0v) is 8.68. The van der Waals surface area contributed by atoms with Gasteiger partial charge in [0, 0.05) is 31.7 Å². The van der Waals surface area contributed by atoms with Crippen LogP contribution in [0.5, 0.6) is 0 Å². The van der Waals surface area contributed by atoms with Crippen molar-refractivity contribution in [3.63, 3.8) is 0 Å². The van der Waals surface area contributed by atoms with Gasteiger partial charge in [0.2, 0.25) is 5.91 Å². The van der Waals surface area contributed by atoms with Gasteiger partial charge in [-0.1, -0.05) is 0 Å². The van der Waals surface area contributed by atoms with Crippen LogP contribution in [0.15, 0.2) is 18.3 Å². The van der Waals surface area contributed by atoms with Gasteiger partial charge in [-0.2, -0.15) is 0 Å². The number of anilines is 1. The summed E-state index contributed by atoms with van der Waals surface area (Å²) in [6, 6.07) is 3.78. The lowest BCUT2D eigenvalue weighted by atomic mass is 10.1. The third kappa shape index (κ3) is 1.99. The fraction of sp³-hybridized carbons (Fsp3) is 0.455. The Balaban J connectivity index is 2.21. The number of carbonyl (C=O) groups excluding carboxylic acids is 1. The standard InChI is InChI=1S/C11H14N2O2/c1-8-2-3-12-10(4-8)13-6-9(7-14)5-11(13)15/h2-4,9,14H,5-7H2,1H3. The fourth-order valence-corrected chi connectivity index (χ4v) is 1.79. The van der Waals surface area contributed by atoms with Crippen LogP contribution in [0.3, 0.4) is 0 Å². The Kier molecular flexibility index (Phi) is 2.68. The van der Waals surface area contributed by atoms with E-state index in [-0.39, 0.29) is 18.4 Å². The summed E-state index contributed by atoms with van der Waals surface area (Å²) in [5.41, 5.74) is 1.08. The molecular formula is C11H14N2O2. The molecule has 1 N–H and O–H groups in total. The van der Waals surface area contributed by atoms with E-state index in [2.05, 4.69) is 4.98 Å². The van der Waals surface area contributed by atoms with Gasteiger partial charge in [0.1, 0.15) is 5.82 Å². The summed E-state index contributed by atoms with van der Waals surface area (Å²) < 4.78 is 0. The molecule has 0 spiro atoms. The third-order valence-corrected chi connectivity index (χ3v) is 2.64. The van der Waals surface area contributed by atoms with Crippen molar-refractivity contribution in [3.8, 4) is 0 Å². The van der Waals surface area contributed by atoms with E-state index in [0.717, 1.165) is 5.56 Å². The maximum atomic E-state index is 11.6. The number of aryl methyl sites for hydroxylation is 1. The molecule has 2 heterocycles. The Bertz CT molecular complexity index is 379. The van der Waals surface area contributed by atoms with Gasteiger partial charge in [-0.3, -0.25) is 9.69 Å². The molecule has 2 rings (SSSR count). The van der Waals surface area contributed by atoms with Gasteiger partial charge in [0.15, 0.2) is 0 Å². The van der Waals surface area contributed by atoms with Crippen molar-refractivity contribution in [2.45, 2.75) is 13.3 Å². The molecule has 80 valence electrons. The van der Waals surface area contributed by atoms with Crippen molar-refractivity contribution in [1.82, 2.24) is 4.98 Å². The minimum atomic E-state index is 0.0483. The lowest BCUT2D eigenvalue weighted by molar-refractivity contribution is -0.117. The second-order valence-corrected chi connectivity index (χ2v) is 3.95. The second kappa shape index (κ2) is 3.98. The average molecular weight is 206 g/mol. The Morgan fingerprint density at radius 3 is 3.07 bits per heavy atom. The lowest BCUT2D eigenvalue weighted by Crippen LogP contribution is -2.25. The number of hydrogen-bond acceptors (Lipinski definition) is 3. The molecule has 1 aliphatic heterocycles. The predicted octanol–water partition coefficient (Wildman–Crippen LogP) is 0.735. The molecule has 1 aromatic heterocycles. The summed E-state index contributed by atoms with van der Waals surface area (Å²) in [5, 5.41) is 9.00. The SMILES string of the molecule is Cc1ccnc(N2CC(CO)CC2=O)c1. The van der Waals surface area contributed by atoms with E-state index < -0.39 is 0 Å². The summed E-state index contributed by atoms with van der Waals surface area (Å²) in [4.78, 5) is 17.4. The third-order valence-electron chi connectivity index (χ3n) is 2.64. The first-order valence-corrected chi connectivity index (χ1v) is 5.04.